The van der Waals surface area contributed by atoms with Crippen molar-refractivity contribution < 1.29 is 19.1 Å². The maximum atomic E-state index is 13.0. The van der Waals surface area contributed by atoms with Crippen LogP contribution in [-0.4, -0.2) is 39.4 Å². The van der Waals surface area contributed by atoms with Gasteiger partial charge in [-0.15, -0.1) is 0 Å². The van der Waals surface area contributed by atoms with Crippen molar-refractivity contribution in [3.63, 3.8) is 0 Å². The first-order chi connectivity index (χ1) is 16.4. The minimum Gasteiger partial charge on any atom is -0.479 e. The number of anilines is 1. The Hall–Kier alpha value is -3.62. The van der Waals surface area contributed by atoms with E-state index in [1.165, 1.54) is 16.9 Å². The second kappa shape index (κ2) is 10.1. The fraction of sp³-hybridized carbons (Fsp3) is 0.167. The highest BCUT2D eigenvalue weighted by atomic mass is 35.5. The van der Waals surface area contributed by atoms with Crippen molar-refractivity contribution in [2.24, 2.45) is 0 Å². The number of hydrogen-bond donors (Lipinski definition) is 1. The Bertz CT molecular complexity index is 1370. The van der Waals surface area contributed by atoms with Crippen LogP contribution in [-0.2, 0) is 9.53 Å². The third-order valence-corrected chi connectivity index (χ3v) is 5.40. The Morgan fingerprint density at radius 2 is 1.91 bits per heavy atom. The second-order valence-electron chi connectivity index (χ2n) is 7.23. The van der Waals surface area contributed by atoms with Gasteiger partial charge in [-0.1, -0.05) is 41.4 Å². The summed E-state index contributed by atoms with van der Waals surface area (Å²) in [6, 6.07) is 15.9. The zero-order chi connectivity index (χ0) is 24.2. The number of carbonyl (C=O) groups excluding carboxylic acids is 2. The Morgan fingerprint density at radius 3 is 2.68 bits per heavy atom. The van der Waals surface area contributed by atoms with E-state index >= 15 is 0 Å². The molecule has 0 aliphatic rings. The SMILES string of the molecule is CCOC(=O)c1cnn(-c2ccc3ccccc3n2)c1NC(=O)C(C)Oc1ccc(Cl)cc1Cl. The third kappa shape index (κ3) is 4.98. The van der Waals surface area contributed by atoms with Crippen LogP contribution >= 0.6 is 23.2 Å². The van der Waals surface area contributed by atoms with Crippen LogP contribution in [0, 0.1) is 0 Å². The van der Waals surface area contributed by atoms with Crippen LogP contribution in [0.3, 0.4) is 0 Å². The fourth-order valence-electron chi connectivity index (χ4n) is 3.21. The van der Waals surface area contributed by atoms with Crippen LogP contribution in [0.5, 0.6) is 5.75 Å². The molecule has 34 heavy (non-hydrogen) atoms. The van der Waals surface area contributed by atoms with E-state index < -0.39 is 18.0 Å². The topological polar surface area (TPSA) is 95.3 Å². The number of pyridine rings is 1. The van der Waals surface area contributed by atoms with Crippen LogP contribution in [0.4, 0.5) is 5.82 Å². The molecule has 174 valence electrons. The highest BCUT2D eigenvalue weighted by Crippen LogP contribution is 2.29. The van der Waals surface area contributed by atoms with E-state index in [1.807, 2.05) is 30.3 Å². The monoisotopic (exact) mass is 498 g/mol. The van der Waals surface area contributed by atoms with Crippen LogP contribution in [0.25, 0.3) is 16.7 Å². The Labute approximate surface area is 205 Å². The molecule has 4 aromatic rings. The van der Waals surface area contributed by atoms with E-state index in [9.17, 15) is 9.59 Å². The first-order valence-electron chi connectivity index (χ1n) is 10.4. The molecule has 2 aromatic heterocycles. The lowest BCUT2D eigenvalue weighted by Gasteiger charge is -2.17. The summed E-state index contributed by atoms with van der Waals surface area (Å²) in [5, 5.41) is 8.66. The number of amides is 1. The van der Waals surface area contributed by atoms with Crippen molar-refractivity contribution in [1.82, 2.24) is 14.8 Å². The molecule has 0 aliphatic carbocycles. The summed E-state index contributed by atoms with van der Waals surface area (Å²) in [5.41, 5.74) is 0.821. The number of carbonyl (C=O) groups is 2. The number of fused-ring (bicyclic) bond motifs is 1. The molecule has 1 atom stereocenters. The number of nitrogens with one attached hydrogen (secondary N) is 1. The lowest BCUT2D eigenvalue weighted by molar-refractivity contribution is -0.122. The van der Waals surface area contributed by atoms with Gasteiger partial charge in [-0.25, -0.2) is 9.78 Å². The van der Waals surface area contributed by atoms with Gasteiger partial charge >= 0.3 is 5.97 Å². The number of hydrogen-bond acceptors (Lipinski definition) is 6. The van der Waals surface area contributed by atoms with Gasteiger partial charge in [-0.05, 0) is 50.2 Å². The molecule has 0 fully saturated rings. The van der Waals surface area contributed by atoms with Crippen molar-refractivity contribution >= 4 is 51.8 Å². The van der Waals surface area contributed by atoms with Crippen LogP contribution in [0.2, 0.25) is 10.0 Å². The third-order valence-electron chi connectivity index (χ3n) is 4.87. The molecule has 4 rings (SSSR count). The van der Waals surface area contributed by atoms with E-state index in [-0.39, 0.29) is 23.0 Å². The predicted molar refractivity (Wildman–Crippen MR) is 130 cm³/mol. The molecule has 0 bridgehead atoms. The number of nitrogens with zero attached hydrogens (tertiary/aromatic N) is 3. The molecule has 0 aliphatic heterocycles. The summed E-state index contributed by atoms with van der Waals surface area (Å²) in [6.45, 7) is 3.41. The molecule has 8 nitrogen and oxygen atoms in total. The maximum Gasteiger partial charge on any atom is 0.343 e. The number of rotatable bonds is 7. The number of para-hydroxylation sites is 1. The van der Waals surface area contributed by atoms with E-state index in [0.717, 1.165) is 10.9 Å². The van der Waals surface area contributed by atoms with Gasteiger partial charge in [0.2, 0.25) is 0 Å². The summed E-state index contributed by atoms with van der Waals surface area (Å²) in [4.78, 5) is 30.1. The first kappa shape index (κ1) is 23.5. The standard InChI is InChI=1S/C24H20Cl2N4O4/c1-3-33-24(32)17-13-27-30(21-11-8-15-6-4-5-7-19(15)28-21)22(17)29-23(31)14(2)34-20-10-9-16(25)12-18(20)26/h4-14H,3H2,1-2H3,(H,29,31). The number of esters is 1. The Kier molecular flexibility index (Phi) is 7.00. The van der Waals surface area contributed by atoms with Gasteiger partial charge in [-0.3, -0.25) is 4.79 Å². The average molecular weight is 499 g/mol. The lowest BCUT2D eigenvalue weighted by Crippen LogP contribution is -2.31. The Balaban J connectivity index is 1.66. The van der Waals surface area contributed by atoms with Crippen molar-refractivity contribution in [2.75, 3.05) is 11.9 Å². The van der Waals surface area contributed by atoms with E-state index in [0.29, 0.717) is 16.6 Å². The quantitative estimate of drug-likeness (QED) is 0.347. The zero-order valence-corrected chi connectivity index (χ0v) is 19.8. The fourth-order valence-corrected chi connectivity index (χ4v) is 3.66. The zero-order valence-electron chi connectivity index (χ0n) is 18.3. The molecule has 1 amide bonds. The number of halogens is 2. The molecule has 2 heterocycles. The van der Waals surface area contributed by atoms with Gasteiger partial charge in [0.1, 0.15) is 11.3 Å². The molecule has 0 saturated heterocycles. The number of aromatic nitrogens is 3. The molecule has 1 N–H and O–H groups in total. The Morgan fingerprint density at radius 1 is 1.12 bits per heavy atom. The molecule has 0 saturated carbocycles. The highest BCUT2D eigenvalue weighted by molar-refractivity contribution is 6.35. The lowest BCUT2D eigenvalue weighted by atomic mass is 10.2. The smallest absolute Gasteiger partial charge is 0.343 e. The second-order valence-corrected chi connectivity index (χ2v) is 8.07. The largest absolute Gasteiger partial charge is 0.479 e. The summed E-state index contributed by atoms with van der Waals surface area (Å²) in [5.74, 6) is -0.329. The van der Waals surface area contributed by atoms with Gasteiger partial charge in [0.25, 0.3) is 5.91 Å². The minimum absolute atomic E-state index is 0.0851. The van der Waals surface area contributed by atoms with Crippen LogP contribution in [0.1, 0.15) is 24.2 Å². The number of ether oxygens (including phenoxy) is 2. The molecule has 0 radical (unpaired) electrons. The molecule has 0 spiro atoms. The van der Waals surface area contributed by atoms with Crippen LogP contribution in [0.15, 0.2) is 60.8 Å². The van der Waals surface area contributed by atoms with Crippen molar-refractivity contribution in [3.8, 4) is 11.6 Å². The van der Waals surface area contributed by atoms with Crippen molar-refractivity contribution in [2.45, 2.75) is 20.0 Å². The van der Waals surface area contributed by atoms with Gasteiger partial charge in [0, 0.05) is 10.4 Å². The van der Waals surface area contributed by atoms with E-state index in [1.54, 1.807) is 32.0 Å². The van der Waals surface area contributed by atoms with E-state index in [2.05, 4.69) is 15.4 Å². The van der Waals surface area contributed by atoms with Gasteiger partial charge in [0.05, 0.1) is 23.3 Å². The molecule has 2 aromatic carbocycles. The maximum absolute atomic E-state index is 13.0. The average Bonchev–Trinajstić information content (AvgIpc) is 3.24. The molecular weight excluding hydrogens is 479 g/mol. The first-order valence-corrected chi connectivity index (χ1v) is 11.2. The normalized spacial score (nSPS) is 11.8. The summed E-state index contributed by atoms with van der Waals surface area (Å²) < 4.78 is 12.2. The molecule has 10 heteroatoms. The van der Waals surface area contributed by atoms with Gasteiger partial charge in [-0.2, -0.15) is 9.78 Å². The molecular formula is C24H20Cl2N4O4. The van der Waals surface area contributed by atoms with Crippen LogP contribution < -0.4 is 10.1 Å². The highest BCUT2D eigenvalue weighted by Gasteiger charge is 2.25. The van der Waals surface area contributed by atoms with Gasteiger partial charge in [0.15, 0.2) is 17.7 Å². The van der Waals surface area contributed by atoms with Crippen molar-refractivity contribution in [1.29, 1.82) is 0 Å². The predicted octanol–water partition coefficient (Wildman–Crippen LogP) is 5.31. The molecule has 1 unspecified atom stereocenters. The van der Waals surface area contributed by atoms with Crippen molar-refractivity contribution in [3.05, 3.63) is 76.4 Å². The summed E-state index contributed by atoms with van der Waals surface area (Å²) in [6.07, 6.45) is 0.369. The minimum atomic E-state index is -0.957. The summed E-state index contributed by atoms with van der Waals surface area (Å²) in [7, 11) is 0. The number of benzene rings is 2. The summed E-state index contributed by atoms with van der Waals surface area (Å²) >= 11 is 12.1. The van der Waals surface area contributed by atoms with Gasteiger partial charge < -0.3 is 14.8 Å². The van der Waals surface area contributed by atoms with E-state index in [4.69, 9.17) is 32.7 Å².